The Bertz CT molecular complexity index is 1030. The molecule has 0 aliphatic carbocycles. The van der Waals surface area contributed by atoms with Gasteiger partial charge in [0.1, 0.15) is 6.10 Å². The summed E-state index contributed by atoms with van der Waals surface area (Å²) < 4.78 is 5.93. The molecule has 1 atom stereocenters. The fourth-order valence-electron chi connectivity index (χ4n) is 3.96. The standard InChI is InChI=1S/C25H30N6O2/c1-25(2,15-19-7-4-3-5-8-19)30-23(32)18-31-13-14-33-22(17-31)21-10-9-20(16-28-21)29-24-26-11-6-12-27-24/h3-12,16,22H,13-15,17-18H2,1-2H3,(H,30,32)(H,26,27,29)/t22-/m1/s1. The number of hydrogen-bond donors (Lipinski definition) is 2. The highest BCUT2D eigenvalue weighted by molar-refractivity contribution is 5.78. The number of nitrogens with one attached hydrogen (secondary N) is 2. The third kappa shape index (κ3) is 6.81. The highest BCUT2D eigenvalue weighted by Gasteiger charge is 2.27. The predicted octanol–water partition coefficient (Wildman–Crippen LogP) is 3.13. The quantitative estimate of drug-likeness (QED) is 0.549. The minimum Gasteiger partial charge on any atom is -0.369 e. The van der Waals surface area contributed by atoms with Gasteiger partial charge in [-0.1, -0.05) is 30.3 Å². The van der Waals surface area contributed by atoms with Crippen molar-refractivity contribution < 1.29 is 9.53 Å². The van der Waals surface area contributed by atoms with Crippen LogP contribution >= 0.6 is 0 Å². The van der Waals surface area contributed by atoms with E-state index in [0.717, 1.165) is 17.8 Å². The Kier molecular flexibility index (Phi) is 7.26. The zero-order valence-corrected chi connectivity index (χ0v) is 19.1. The number of aromatic nitrogens is 3. The molecule has 1 aliphatic heterocycles. The van der Waals surface area contributed by atoms with Crippen molar-refractivity contribution in [2.24, 2.45) is 0 Å². The van der Waals surface area contributed by atoms with Gasteiger partial charge in [-0.15, -0.1) is 0 Å². The first kappa shape index (κ1) is 22.8. The number of ether oxygens (including phenoxy) is 1. The number of nitrogens with zero attached hydrogens (tertiary/aromatic N) is 4. The Labute approximate surface area is 194 Å². The van der Waals surface area contributed by atoms with Crippen molar-refractivity contribution in [3.63, 3.8) is 0 Å². The molecule has 1 aliphatic rings. The maximum absolute atomic E-state index is 12.7. The monoisotopic (exact) mass is 446 g/mol. The van der Waals surface area contributed by atoms with E-state index in [1.807, 2.05) is 30.3 Å². The second-order valence-corrected chi connectivity index (χ2v) is 8.86. The molecule has 1 saturated heterocycles. The maximum Gasteiger partial charge on any atom is 0.234 e. The van der Waals surface area contributed by atoms with Crippen molar-refractivity contribution in [2.45, 2.75) is 31.9 Å². The summed E-state index contributed by atoms with van der Waals surface area (Å²) in [6.45, 7) is 6.34. The van der Waals surface area contributed by atoms with E-state index in [-0.39, 0.29) is 17.6 Å². The molecule has 4 rings (SSSR count). The zero-order valence-electron chi connectivity index (χ0n) is 19.1. The topological polar surface area (TPSA) is 92.3 Å². The van der Waals surface area contributed by atoms with E-state index in [2.05, 4.69) is 56.5 Å². The first-order valence-corrected chi connectivity index (χ1v) is 11.2. The molecule has 1 aromatic carbocycles. The molecular formula is C25H30N6O2. The van der Waals surface area contributed by atoms with Gasteiger partial charge < -0.3 is 15.4 Å². The molecule has 3 aromatic rings. The van der Waals surface area contributed by atoms with Crippen molar-refractivity contribution in [1.82, 2.24) is 25.2 Å². The largest absolute Gasteiger partial charge is 0.369 e. The molecule has 8 heteroatoms. The molecular weight excluding hydrogens is 416 g/mol. The van der Waals surface area contributed by atoms with Gasteiger partial charge in [-0.3, -0.25) is 14.7 Å². The number of anilines is 2. The maximum atomic E-state index is 12.7. The molecule has 172 valence electrons. The van der Waals surface area contributed by atoms with Crippen LogP contribution in [0.1, 0.15) is 31.2 Å². The van der Waals surface area contributed by atoms with Crippen LogP contribution < -0.4 is 10.6 Å². The van der Waals surface area contributed by atoms with Crippen molar-refractivity contribution in [3.05, 3.63) is 78.4 Å². The molecule has 0 unspecified atom stereocenters. The number of carbonyl (C=O) groups excluding carboxylic acids is 1. The second-order valence-electron chi connectivity index (χ2n) is 8.86. The SMILES string of the molecule is CC(C)(Cc1ccccc1)NC(=O)CN1CCO[C@@H](c2ccc(Nc3ncccn3)cn2)C1. The summed E-state index contributed by atoms with van der Waals surface area (Å²) >= 11 is 0. The number of morpholine rings is 1. The molecule has 0 bridgehead atoms. The van der Waals surface area contributed by atoms with Gasteiger partial charge in [-0.25, -0.2) is 9.97 Å². The lowest BCUT2D eigenvalue weighted by Crippen LogP contribution is -2.50. The molecule has 8 nitrogen and oxygen atoms in total. The fraction of sp³-hybridized carbons (Fsp3) is 0.360. The Morgan fingerprint density at radius 1 is 1.09 bits per heavy atom. The van der Waals surface area contributed by atoms with Crippen LogP contribution in [-0.4, -0.2) is 57.5 Å². The minimum atomic E-state index is -0.322. The molecule has 0 saturated carbocycles. The fourth-order valence-corrected chi connectivity index (χ4v) is 3.96. The molecule has 3 heterocycles. The lowest BCUT2D eigenvalue weighted by molar-refractivity contribution is -0.126. The van der Waals surface area contributed by atoms with Crippen LogP contribution in [0.3, 0.4) is 0 Å². The molecule has 0 spiro atoms. The summed E-state index contributed by atoms with van der Waals surface area (Å²) in [6, 6.07) is 15.8. The second kappa shape index (κ2) is 10.5. The van der Waals surface area contributed by atoms with Crippen LogP contribution in [-0.2, 0) is 16.0 Å². The van der Waals surface area contributed by atoms with Gasteiger partial charge in [0.15, 0.2) is 0 Å². The summed E-state index contributed by atoms with van der Waals surface area (Å²) in [4.78, 5) is 27.7. The lowest BCUT2D eigenvalue weighted by Gasteiger charge is -2.33. The third-order valence-corrected chi connectivity index (χ3v) is 5.42. The Hall–Kier alpha value is -3.36. The van der Waals surface area contributed by atoms with Crippen LogP contribution in [0, 0.1) is 0 Å². The summed E-state index contributed by atoms with van der Waals surface area (Å²) in [5.41, 5.74) is 2.52. The number of hydrogen-bond acceptors (Lipinski definition) is 7. The molecule has 33 heavy (non-hydrogen) atoms. The summed E-state index contributed by atoms with van der Waals surface area (Å²) in [5, 5.41) is 6.30. The smallest absolute Gasteiger partial charge is 0.234 e. The van der Waals surface area contributed by atoms with E-state index in [9.17, 15) is 4.79 Å². The normalized spacial score (nSPS) is 16.8. The van der Waals surface area contributed by atoms with E-state index < -0.39 is 0 Å². The molecule has 2 N–H and O–H groups in total. The van der Waals surface area contributed by atoms with Crippen molar-refractivity contribution in [1.29, 1.82) is 0 Å². The number of amides is 1. The summed E-state index contributed by atoms with van der Waals surface area (Å²) in [5.74, 6) is 0.542. The van der Waals surface area contributed by atoms with Gasteiger partial charge in [0.25, 0.3) is 0 Å². The van der Waals surface area contributed by atoms with Gasteiger partial charge in [-0.2, -0.15) is 0 Å². The van der Waals surface area contributed by atoms with E-state index in [4.69, 9.17) is 4.74 Å². The molecule has 1 amide bonds. The van der Waals surface area contributed by atoms with Crippen LogP contribution in [0.2, 0.25) is 0 Å². The highest BCUT2D eigenvalue weighted by atomic mass is 16.5. The van der Waals surface area contributed by atoms with Crippen LogP contribution in [0.15, 0.2) is 67.1 Å². The Balaban J connectivity index is 1.29. The van der Waals surface area contributed by atoms with Crippen molar-refractivity contribution in [2.75, 3.05) is 31.6 Å². The Morgan fingerprint density at radius 3 is 2.61 bits per heavy atom. The van der Waals surface area contributed by atoms with E-state index in [0.29, 0.717) is 32.2 Å². The van der Waals surface area contributed by atoms with Gasteiger partial charge in [-0.05, 0) is 44.0 Å². The van der Waals surface area contributed by atoms with Crippen LogP contribution in [0.4, 0.5) is 11.6 Å². The lowest BCUT2D eigenvalue weighted by atomic mass is 9.95. The first-order valence-electron chi connectivity index (χ1n) is 11.2. The average Bonchev–Trinajstić information content (AvgIpc) is 2.80. The average molecular weight is 447 g/mol. The number of pyridine rings is 1. The Morgan fingerprint density at radius 2 is 1.88 bits per heavy atom. The first-order chi connectivity index (χ1) is 16.0. The number of rotatable bonds is 8. The summed E-state index contributed by atoms with van der Waals surface area (Å²) in [7, 11) is 0. The van der Waals surface area contributed by atoms with Crippen molar-refractivity contribution >= 4 is 17.5 Å². The van der Waals surface area contributed by atoms with E-state index in [1.54, 1.807) is 24.7 Å². The van der Waals surface area contributed by atoms with Crippen LogP contribution in [0.25, 0.3) is 0 Å². The zero-order chi connectivity index (χ0) is 23.1. The molecule has 0 radical (unpaired) electrons. The summed E-state index contributed by atoms with van der Waals surface area (Å²) in [6.07, 6.45) is 5.71. The molecule has 2 aromatic heterocycles. The van der Waals surface area contributed by atoms with E-state index in [1.165, 1.54) is 5.56 Å². The van der Waals surface area contributed by atoms with Gasteiger partial charge >= 0.3 is 0 Å². The molecule has 1 fully saturated rings. The van der Waals surface area contributed by atoms with Gasteiger partial charge in [0.05, 0.1) is 30.7 Å². The minimum absolute atomic E-state index is 0.0203. The third-order valence-electron chi connectivity index (χ3n) is 5.42. The van der Waals surface area contributed by atoms with Gasteiger partial charge in [0, 0.05) is 31.0 Å². The van der Waals surface area contributed by atoms with E-state index >= 15 is 0 Å². The van der Waals surface area contributed by atoms with Crippen molar-refractivity contribution in [3.8, 4) is 0 Å². The highest BCUT2D eigenvalue weighted by Crippen LogP contribution is 2.22. The predicted molar refractivity (Wildman–Crippen MR) is 127 cm³/mol. The number of carbonyl (C=O) groups is 1. The van der Waals surface area contributed by atoms with Gasteiger partial charge in [0.2, 0.25) is 11.9 Å². The van der Waals surface area contributed by atoms with Crippen LogP contribution in [0.5, 0.6) is 0 Å². The number of benzene rings is 1.